The molecule has 1 unspecified atom stereocenters. The second-order valence-electron chi connectivity index (χ2n) is 5.29. The van der Waals surface area contributed by atoms with Crippen LogP contribution in [-0.2, 0) is 4.79 Å². The zero-order valence-electron chi connectivity index (χ0n) is 12.9. The number of fused-ring (bicyclic) bond motifs is 1. The van der Waals surface area contributed by atoms with E-state index in [0.29, 0.717) is 30.5 Å². The Bertz CT molecular complexity index is 556. The van der Waals surface area contributed by atoms with Gasteiger partial charge in [-0.1, -0.05) is 25.5 Å². The SMILES string of the molecule is CCCC(NCCCN1C(=O)c2ccccc2C1=O)C(=O)O.Cl. The molecule has 0 aromatic heterocycles. The largest absolute Gasteiger partial charge is 0.480 e. The molecule has 1 aliphatic heterocycles. The third-order valence-corrected chi connectivity index (χ3v) is 3.70. The minimum atomic E-state index is -0.873. The summed E-state index contributed by atoms with van der Waals surface area (Å²) in [6.45, 7) is 2.67. The van der Waals surface area contributed by atoms with Gasteiger partial charge in [-0.3, -0.25) is 19.3 Å². The molecule has 0 aliphatic carbocycles. The molecule has 0 saturated heterocycles. The number of hydrogen-bond donors (Lipinski definition) is 2. The molecule has 1 aliphatic rings. The highest BCUT2D eigenvalue weighted by Gasteiger charge is 2.34. The monoisotopic (exact) mass is 340 g/mol. The van der Waals surface area contributed by atoms with Gasteiger partial charge in [0.05, 0.1) is 11.1 Å². The highest BCUT2D eigenvalue weighted by atomic mass is 35.5. The lowest BCUT2D eigenvalue weighted by molar-refractivity contribution is -0.139. The minimum Gasteiger partial charge on any atom is -0.480 e. The van der Waals surface area contributed by atoms with Gasteiger partial charge in [-0.15, -0.1) is 12.4 Å². The number of imide groups is 1. The van der Waals surface area contributed by atoms with Crippen LogP contribution < -0.4 is 5.32 Å². The molecule has 126 valence electrons. The molecule has 6 nitrogen and oxygen atoms in total. The normalized spacial score (nSPS) is 14.4. The predicted octanol–water partition coefficient (Wildman–Crippen LogP) is 1.94. The third-order valence-electron chi connectivity index (χ3n) is 3.70. The first kappa shape index (κ1) is 19.1. The van der Waals surface area contributed by atoms with E-state index in [9.17, 15) is 14.4 Å². The Morgan fingerprint density at radius 2 is 1.78 bits per heavy atom. The molecule has 0 bridgehead atoms. The maximum absolute atomic E-state index is 12.1. The lowest BCUT2D eigenvalue weighted by Crippen LogP contribution is -2.39. The van der Waals surface area contributed by atoms with E-state index in [1.54, 1.807) is 24.3 Å². The first-order chi connectivity index (χ1) is 10.6. The Labute approximate surface area is 141 Å². The van der Waals surface area contributed by atoms with Gasteiger partial charge in [0.1, 0.15) is 6.04 Å². The zero-order chi connectivity index (χ0) is 16.1. The van der Waals surface area contributed by atoms with Gasteiger partial charge in [-0.25, -0.2) is 0 Å². The van der Waals surface area contributed by atoms with E-state index in [4.69, 9.17) is 5.11 Å². The van der Waals surface area contributed by atoms with Crippen LogP contribution in [0.15, 0.2) is 24.3 Å². The molecule has 2 amide bonds. The number of amides is 2. The van der Waals surface area contributed by atoms with E-state index in [1.807, 2.05) is 6.92 Å². The number of halogens is 1. The summed E-state index contributed by atoms with van der Waals surface area (Å²) in [5.74, 6) is -1.42. The molecule has 2 rings (SSSR count). The van der Waals surface area contributed by atoms with Crippen LogP contribution in [0.2, 0.25) is 0 Å². The first-order valence-electron chi connectivity index (χ1n) is 7.47. The van der Waals surface area contributed by atoms with Crippen LogP contribution in [0.25, 0.3) is 0 Å². The van der Waals surface area contributed by atoms with Crippen LogP contribution in [0.1, 0.15) is 46.9 Å². The lowest BCUT2D eigenvalue weighted by atomic mass is 10.1. The number of carbonyl (C=O) groups is 3. The summed E-state index contributed by atoms with van der Waals surface area (Å²) in [6.07, 6.45) is 1.86. The number of hydrogen-bond acceptors (Lipinski definition) is 4. The molecule has 7 heteroatoms. The molecule has 1 aromatic rings. The summed E-state index contributed by atoms with van der Waals surface area (Å²) >= 11 is 0. The fourth-order valence-corrected chi connectivity index (χ4v) is 2.56. The van der Waals surface area contributed by atoms with Crippen molar-refractivity contribution in [1.29, 1.82) is 0 Å². The molecule has 0 saturated carbocycles. The molecule has 0 spiro atoms. The number of aliphatic carboxylic acids is 1. The maximum atomic E-state index is 12.1. The number of carbonyl (C=O) groups excluding carboxylic acids is 2. The van der Waals surface area contributed by atoms with Gasteiger partial charge in [-0.2, -0.15) is 0 Å². The van der Waals surface area contributed by atoms with Gasteiger partial charge in [-0.05, 0) is 31.5 Å². The number of nitrogens with one attached hydrogen (secondary N) is 1. The minimum absolute atomic E-state index is 0. The average Bonchev–Trinajstić information content (AvgIpc) is 2.75. The Kier molecular flexibility index (Phi) is 7.19. The molecule has 1 atom stereocenters. The molecule has 0 fully saturated rings. The van der Waals surface area contributed by atoms with Crippen molar-refractivity contribution in [3.05, 3.63) is 35.4 Å². The smallest absolute Gasteiger partial charge is 0.320 e. The van der Waals surface area contributed by atoms with Gasteiger partial charge < -0.3 is 10.4 Å². The Hall–Kier alpha value is -1.92. The first-order valence-corrected chi connectivity index (χ1v) is 7.47. The van der Waals surface area contributed by atoms with Crippen molar-refractivity contribution in [3.63, 3.8) is 0 Å². The van der Waals surface area contributed by atoms with Crippen molar-refractivity contribution in [1.82, 2.24) is 10.2 Å². The highest BCUT2D eigenvalue weighted by molar-refractivity contribution is 6.21. The Balaban J connectivity index is 0.00000264. The molecule has 0 radical (unpaired) electrons. The van der Waals surface area contributed by atoms with Crippen LogP contribution >= 0.6 is 12.4 Å². The number of carboxylic acid groups (broad SMARTS) is 1. The summed E-state index contributed by atoms with van der Waals surface area (Å²) < 4.78 is 0. The fourth-order valence-electron chi connectivity index (χ4n) is 2.56. The summed E-state index contributed by atoms with van der Waals surface area (Å²) in [7, 11) is 0. The predicted molar refractivity (Wildman–Crippen MR) is 88.0 cm³/mol. The topological polar surface area (TPSA) is 86.7 Å². The Morgan fingerprint density at radius 1 is 1.22 bits per heavy atom. The summed E-state index contributed by atoms with van der Waals surface area (Å²) in [5.41, 5.74) is 0.879. The van der Waals surface area contributed by atoms with E-state index < -0.39 is 12.0 Å². The van der Waals surface area contributed by atoms with Crippen molar-refractivity contribution in [2.45, 2.75) is 32.2 Å². The van der Waals surface area contributed by atoms with Gasteiger partial charge in [0.25, 0.3) is 11.8 Å². The van der Waals surface area contributed by atoms with Crippen LogP contribution in [0.3, 0.4) is 0 Å². The van der Waals surface area contributed by atoms with Crippen LogP contribution in [0.4, 0.5) is 0 Å². The number of benzene rings is 1. The van der Waals surface area contributed by atoms with E-state index in [2.05, 4.69) is 5.32 Å². The molecular formula is C16H21ClN2O4. The highest BCUT2D eigenvalue weighted by Crippen LogP contribution is 2.22. The third kappa shape index (κ3) is 4.30. The van der Waals surface area contributed by atoms with Crippen molar-refractivity contribution < 1.29 is 19.5 Å². The molecule has 1 aromatic carbocycles. The van der Waals surface area contributed by atoms with Crippen LogP contribution in [-0.4, -0.2) is 46.9 Å². The van der Waals surface area contributed by atoms with Gasteiger partial charge in [0.15, 0.2) is 0 Å². The van der Waals surface area contributed by atoms with E-state index >= 15 is 0 Å². The average molecular weight is 341 g/mol. The van der Waals surface area contributed by atoms with Crippen LogP contribution in [0, 0.1) is 0 Å². The van der Waals surface area contributed by atoms with E-state index in [-0.39, 0.29) is 30.8 Å². The molecule has 2 N–H and O–H groups in total. The zero-order valence-corrected chi connectivity index (χ0v) is 13.8. The standard InChI is InChI=1S/C16H20N2O4.ClH/c1-2-6-13(16(21)22)17-9-5-10-18-14(19)11-7-3-4-8-12(11)15(18)20;/h3-4,7-8,13,17H,2,5-6,9-10H2,1H3,(H,21,22);1H. The van der Waals surface area contributed by atoms with Crippen LogP contribution in [0.5, 0.6) is 0 Å². The molecular weight excluding hydrogens is 320 g/mol. The summed E-state index contributed by atoms with van der Waals surface area (Å²) in [5, 5.41) is 12.0. The van der Waals surface area contributed by atoms with Gasteiger partial charge in [0.2, 0.25) is 0 Å². The maximum Gasteiger partial charge on any atom is 0.320 e. The number of nitrogens with zero attached hydrogens (tertiary/aromatic N) is 1. The second-order valence-corrected chi connectivity index (χ2v) is 5.29. The quantitative estimate of drug-likeness (QED) is 0.558. The van der Waals surface area contributed by atoms with Crippen molar-refractivity contribution >= 4 is 30.2 Å². The number of carboxylic acids is 1. The van der Waals surface area contributed by atoms with E-state index in [1.165, 1.54) is 4.90 Å². The number of rotatable bonds is 8. The molecule has 23 heavy (non-hydrogen) atoms. The summed E-state index contributed by atoms with van der Waals surface area (Å²) in [6, 6.07) is 6.19. The van der Waals surface area contributed by atoms with E-state index in [0.717, 1.165) is 6.42 Å². The van der Waals surface area contributed by atoms with Crippen molar-refractivity contribution in [2.75, 3.05) is 13.1 Å². The second kappa shape index (κ2) is 8.64. The van der Waals surface area contributed by atoms with Crippen molar-refractivity contribution in [2.24, 2.45) is 0 Å². The molecule has 1 heterocycles. The van der Waals surface area contributed by atoms with Crippen molar-refractivity contribution in [3.8, 4) is 0 Å². The lowest BCUT2D eigenvalue weighted by Gasteiger charge is -2.16. The van der Waals surface area contributed by atoms with Gasteiger partial charge >= 0.3 is 5.97 Å². The Morgan fingerprint density at radius 3 is 2.26 bits per heavy atom. The fraction of sp³-hybridized carbons (Fsp3) is 0.438. The summed E-state index contributed by atoms with van der Waals surface area (Å²) in [4.78, 5) is 36.5. The van der Waals surface area contributed by atoms with Gasteiger partial charge in [0, 0.05) is 6.54 Å².